The van der Waals surface area contributed by atoms with Crippen LogP contribution in [0.1, 0.15) is 35.2 Å². The number of carbonyl (C=O) groups is 2. The maximum absolute atomic E-state index is 12.7. The first-order valence-electron chi connectivity index (χ1n) is 6.83. The van der Waals surface area contributed by atoms with Crippen LogP contribution in [0.5, 0.6) is 0 Å². The zero-order valence-electron chi connectivity index (χ0n) is 11.5. The normalized spacial score (nSPS) is 20.2. The zero-order chi connectivity index (χ0) is 16.1. The van der Waals surface area contributed by atoms with E-state index in [0.717, 1.165) is 0 Å². The molecule has 0 fully saturated rings. The molecule has 0 radical (unpaired) electrons. The molecule has 1 aromatic carbocycles. The Morgan fingerprint density at radius 2 is 1.82 bits per heavy atom. The van der Waals surface area contributed by atoms with Crippen LogP contribution in [0.25, 0.3) is 0 Å². The molecule has 0 N–H and O–H groups in total. The summed E-state index contributed by atoms with van der Waals surface area (Å²) in [6.07, 6.45) is 1.58. The molecule has 116 valence electrons. The number of fused-ring (bicyclic) bond motifs is 1. The molecule has 2 aliphatic rings. The van der Waals surface area contributed by atoms with Crippen molar-refractivity contribution in [2.45, 2.75) is 30.6 Å². The van der Waals surface area contributed by atoms with Crippen molar-refractivity contribution in [1.29, 1.82) is 0 Å². The average molecular weight is 359 g/mol. The number of halogens is 2. The van der Waals surface area contributed by atoms with Gasteiger partial charge in [-0.15, -0.1) is 0 Å². The zero-order valence-corrected chi connectivity index (χ0v) is 13.8. The van der Waals surface area contributed by atoms with E-state index in [1.807, 2.05) is 0 Å². The lowest BCUT2D eigenvalue weighted by Crippen LogP contribution is -2.20. The van der Waals surface area contributed by atoms with Gasteiger partial charge in [-0.1, -0.05) is 23.2 Å². The van der Waals surface area contributed by atoms with Crippen molar-refractivity contribution in [3.05, 3.63) is 38.9 Å². The smallest absolute Gasteiger partial charge is 0.199 e. The molecule has 4 nitrogen and oxygen atoms in total. The highest BCUT2D eigenvalue weighted by Gasteiger charge is 2.36. The fraction of sp³-hybridized carbons (Fsp3) is 0.333. The van der Waals surface area contributed by atoms with Crippen molar-refractivity contribution in [2.24, 2.45) is 0 Å². The van der Waals surface area contributed by atoms with Crippen LogP contribution in [-0.4, -0.2) is 25.7 Å². The van der Waals surface area contributed by atoms with Gasteiger partial charge in [0, 0.05) is 22.0 Å². The minimum absolute atomic E-state index is 0.000278. The van der Waals surface area contributed by atoms with E-state index in [4.69, 9.17) is 23.2 Å². The van der Waals surface area contributed by atoms with Crippen LogP contribution in [0.15, 0.2) is 27.6 Å². The Labute approximate surface area is 138 Å². The predicted octanol–water partition coefficient (Wildman–Crippen LogP) is 3.10. The van der Waals surface area contributed by atoms with Gasteiger partial charge in [-0.25, -0.2) is 8.42 Å². The summed E-state index contributed by atoms with van der Waals surface area (Å²) in [4.78, 5) is 24.7. The Morgan fingerprint density at radius 3 is 2.50 bits per heavy atom. The molecule has 1 heterocycles. The number of benzene rings is 1. The molecule has 0 unspecified atom stereocenters. The number of hydrogen-bond donors (Lipinski definition) is 0. The highest BCUT2D eigenvalue weighted by Crippen LogP contribution is 2.37. The lowest BCUT2D eigenvalue weighted by atomic mass is 9.91. The first-order chi connectivity index (χ1) is 10.3. The summed E-state index contributed by atoms with van der Waals surface area (Å²) < 4.78 is 24.5. The molecule has 0 saturated carbocycles. The summed E-state index contributed by atoms with van der Waals surface area (Å²) in [5.74, 6) is -1.03. The van der Waals surface area contributed by atoms with E-state index in [1.54, 1.807) is 0 Å². The van der Waals surface area contributed by atoms with Crippen LogP contribution in [0.4, 0.5) is 0 Å². The minimum Gasteiger partial charge on any atom is -0.294 e. The van der Waals surface area contributed by atoms with Crippen LogP contribution in [0.3, 0.4) is 0 Å². The van der Waals surface area contributed by atoms with E-state index in [9.17, 15) is 18.0 Å². The first kappa shape index (κ1) is 15.7. The van der Waals surface area contributed by atoms with Gasteiger partial charge in [0.25, 0.3) is 0 Å². The molecule has 0 saturated heterocycles. The number of Topliss-reactive ketones (excluding diaryl/α,β-unsaturated/α-hetero) is 2. The second-order valence-electron chi connectivity index (χ2n) is 5.36. The second-order valence-corrected chi connectivity index (χ2v) is 8.27. The van der Waals surface area contributed by atoms with Crippen LogP contribution in [0, 0.1) is 0 Å². The third-order valence-corrected chi connectivity index (χ3v) is 6.52. The maximum Gasteiger partial charge on any atom is 0.199 e. The summed E-state index contributed by atoms with van der Waals surface area (Å²) in [6, 6.07) is 2.86. The maximum atomic E-state index is 12.7. The molecular weight excluding hydrogens is 347 g/mol. The van der Waals surface area contributed by atoms with E-state index in [2.05, 4.69) is 0 Å². The molecule has 0 spiro atoms. The Bertz CT molecular complexity index is 837. The van der Waals surface area contributed by atoms with Gasteiger partial charge in [0.2, 0.25) is 0 Å². The molecule has 0 atom stereocenters. The van der Waals surface area contributed by atoms with Crippen molar-refractivity contribution in [3.8, 4) is 0 Å². The largest absolute Gasteiger partial charge is 0.294 e. The number of sulfone groups is 1. The van der Waals surface area contributed by atoms with E-state index < -0.39 is 15.6 Å². The minimum atomic E-state index is -3.56. The SMILES string of the molecule is O=C1CCCC(Cl)=C1C(=O)c1ccc(Cl)c2c1S(=O)(=O)CC2. The summed E-state index contributed by atoms with van der Waals surface area (Å²) >= 11 is 12.1. The Balaban J connectivity index is 2.21. The van der Waals surface area contributed by atoms with Crippen molar-refractivity contribution >= 4 is 44.6 Å². The molecule has 1 aliphatic heterocycles. The van der Waals surface area contributed by atoms with Crippen LogP contribution in [0.2, 0.25) is 5.02 Å². The van der Waals surface area contributed by atoms with Crippen molar-refractivity contribution in [2.75, 3.05) is 5.75 Å². The van der Waals surface area contributed by atoms with E-state index >= 15 is 0 Å². The Kier molecular flexibility index (Phi) is 3.91. The van der Waals surface area contributed by atoms with Gasteiger partial charge in [-0.05, 0) is 37.0 Å². The van der Waals surface area contributed by atoms with Gasteiger partial charge < -0.3 is 0 Å². The molecule has 3 rings (SSSR count). The van der Waals surface area contributed by atoms with E-state index in [1.165, 1.54) is 12.1 Å². The first-order valence-corrected chi connectivity index (χ1v) is 9.24. The van der Waals surface area contributed by atoms with Crippen molar-refractivity contribution in [3.63, 3.8) is 0 Å². The van der Waals surface area contributed by atoms with Crippen LogP contribution in [-0.2, 0) is 21.1 Å². The predicted molar refractivity (Wildman–Crippen MR) is 83.3 cm³/mol. The van der Waals surface area contributed by atoms with Gasteiger partial charge >= 0.3 is 0 Å². The summed E-state index contributed by atoms with van der Waals surface area (Å²) in [5.41, 5.74) is 0.368. The molecule has 1 aliphatic carbocycles. The van der Waals surface area contributed by atoms with Gasteiger partial charge in [0.15, 0.2) is 21.4 Å². The summed E-state index contributed by atoms with van der Waals surface area (Å²) in [6.45, 7) is 0. The third-order valence-electron chi connectivity index (χ3n) is 3.96. The van der Waals surface area contributed by atoms with Crippen molar-refractivity contribution in [1.82, 2.24) is 0 Å². The standard InChI is InChI=1S/C15H12Cl2O4S/c16-10-5-4-9(15-8(10)6-7-22(15,20)21)14(19)13-11(17)2-1-3-12(13)18/h4-5H,1-3,6-7H2. The molecule has 0 aromatic heterocycles. The Hall–Kier alpha value is -1.17. The fourth-order valence-electron chi connectivity index (χ4n) is 2.90. The highest BCUT2D eigenvalue weighted by molar-refractivity contribution is 7.91. The molecule has 7 heteroatoms. The molecule has 1 aromatic rings. The van der Waals surface area contributed by atoms with E-state index in [0.29, 0.717) is 23.4 Å². The lowest BCUT2D eigenvalue weighted by molar-refractivity contribution is -0.115. The summed E-state index contributed by atoms with van der Waals surface area (Å²) in [7, 11) is -3.56. The molecule has 22 heavy (non-hydrogen) atoms. The van der Waals surface area contributed by atoms with Crippen LogP contribution < -0.4 is 0 Å². The van der Waals surface area contributed by atoms with E-state index in [-0.39, 0.29) is 45.4 Å². The van der Waals surface area contributed by atoms with Crippen molar-refractivity contribution < 1.29 is 18.0 Å². The topological polar surface area (TPSA) is 68.3 Å². The average Bonchev–Trinajstić information content (AvgIpc) is 2.76. The van der Waals surface area contributed by atoms with Crippen LogP contribution >= 0.6 is 23.2 Å². The Morgan fingerprint density at radius 1 is 1.09 bits per heavy atom. The third kappa shape index (κ3) is 2.41. The number of ketones is 2. The monoisotopic (exact) mass is 358 g/mol. The fourth-order valence-corrected chi connectivity index (χ4v) is 5.29. The molecule has 0 bridgehead atoms. The molecular formula is C15H12Cl2O4S. The number of allylic oxidation sites excluding steroid dienone is 2. The number of rotatable bonds is 2. The van der Waals surface area contributed by atoms with Gasteiger partial charge in [-0.2, -0.15) is 0 Å². The lowest BCUT2D eigenvalue weighted by Gasteiger charge is -2.15. The van der Waals surface area contributed by atoms with Gasteiger partial charge in [0.05, 0.1) is 16.2 Å². The van der Waals surface area contributed by atoms with Gasteiger partial charge in [0.1, 0.15) is 0 Å². The number of hydrogen-bond acceptors (Lipinski definition) is 4. The summed E-state index contributed by atoms with van der Waals surface area (Å²) in [5, 5.41) is 0.531. The highest BCUT2D eigenvalue weighted by atomic mass is 35.5. The second kappa shape index (κ2) is 5.48. The number of carbonyl (C=O) groups excluding carboxylic acids is 2. The van der Waals surface area contributed by atoms with Gasteiger partial charge in [-0.3, -0.25) is 9.59 Å². The quantitative estimate of drug-likeness (QED) is 0.601. The molecule has 0 amide bonds.